The van der Waals surface area contributed by atoms with Gasteiger partial charge in [0.05, 0.1) is 23.9 Å². The van der Waals surface area contributed by atoms with Gasteiger partial charge < -0.3 is 10.2 Å². The molecule has 1 heterocycles. The van der Waals surface area contributed by atoms with Gasteiger partial charge in [-0.2, -0.15) is 0 Å². The normalized spacial score (nSPS) is 14.6. The standard InChI is InChI=1S/C6H8N4O2S/c7-10-9-1-5(11)6(12)4-2-13-3-8-4/h2-3,5-6,11-12H,1H2. The van der Waals surface area contributed by atoms with Crippen LogP contribution >= 0.6 is 11.3 Å². The van der Waals surface area contributed by atoms with E-state index in [1.165, 1.54) is 11.3 Å². The number of azide groups is 1. The lowest BCUT2D eigenvalue weighted by Gasteiger charge is -2.12. The predicted molar refractivity (Wildman–Crippen MR) is 47.1 cm³/mol. The third-order valence-electron chi connectivity index (χ3n) is 1.45. The molecule has 6 nitrogen and oxygen atoms in total. The quantitative estimate of drug-likeness (QED) is 0.427. The Morgan fingerprint density at radius 2 is 2.46 bits per heavy atom. The Bertz CT molecular complexity index is 296. The van der Waals surface area contributed by atoms with Crippen LogP contribution in [0.5, 0.6) is 0 Å². The van der Waals surface area contributed by atoms with Crippen LogP contribution in [0, 0.1) is 0 Å². The lowest BCUT2D eigenvalue weighted by molar-refractivity contribution is 0.0221. The summed E-state index contributed by atoms with van der Waals surface area (Å²) in [6.07, 6.45) is -2.19. The maximum absolute atomic E-state index is 9.42. The maximum Gasteiger partial charge on any atom is 0.123 e. The number of aromatic nitrogens is 1. The molecule has 13 heavy (non-hydrogen) atoms. The number of thiazole rings is 1. The van der Waals surface area contributed by atoms with Crippen molar-refractivity contribution >= 4 is 11.3 Å². The van der Waals surface area contributed by atoms with Gasteiger partial charge in [-0.1, -0.05) is 5.11 Å². The first-order chi connectivity index (χ1) is 6.25. The van der Waals surface area contributed by atoms with Crippen molar-refractivity contribution in [1.82, 2.24) is 4.98 Å². The van der Waals surface area contributed by atoms with Crippen LogP contribution in [-0.4, -0.2) is 27.8 Å². The zero-order chi connectivity index (χ0) is 9.68. The number of hydrogen-bond donors (Lipinski definition) is 2. The summed E-state index contributed by atoms with van der Waals surface area (Å²) in [6.45, 7) is -0.158. The average Bonchev–Trinajstić information content (AvgIpc) is 2.65. The SMILES string of the molecule is [N-]=[N+]=NCC(O)C(O)c1cscn1. The Kier molecular flexibility index (Phi) is 3.66. The second-order valence-corrected chi connectivity index (χ2v) is 3.06. The van der Waals surface area contributed by atoms with E-state index in [1.807, 2.05) is 0 Å². The van der Waals surface area contributed by atoms with E-state index in [1.54, 1.807) is 10.9 Å². The third-order valence-corrected chi connectivity index (χ3v) is 2.06. The fourth-order valence-electron chi connectivity index (χ4n) is 0.785. The molecule has 0 aliphatic rings. The molecule has 0 saturated heterocycles. The van der Waals surface area contributed by atoms with Crippen LogP contribution in [0.2, 0.25) is 0 Å². The lowest BCUT2D eigenvalue weighted by Crippen LogP contribution is -2.21. The van der Waals surface area contributed by atoms with Crippen molar-refractivity contribution in [2.45, 2.75) is 12.2 Å². The van der Waals surface area contributed by atoms with Crippen molar-refractivity contribution in [2.24, 2.45) is 5.11 Å². The summed E-state index contributed by atoms with van der Waals surface area (Å²) < 4.78 is 0. The third kappa shape index (κ3) is 2.67. The van der Waals surface area contributed by atoms with Crippen LogP contribution in [0.4, 0.5) is 0 Å². The highest BCUT2D eigenvalue weighted by atomic mass is 32.1. The van der Waals surface area contributed by atoms with E-state index in [0.29, 0.717) is 5.69 Å². The molecule has 2 atom stereocenters. The van der Waals surface area contributed by atoms with Gasteiger partial charge in [-0.25, -0.2) is 4.98 Å². The predicted octanol–water partition coefficient (Wildman–Crippen LogP) is 0.848. The van der Waals surface area contributed by atoms with E-state index < -0.39 is 12.2 Å². The Morgan fingerprint density at radius 3 is 3.00 bits per heavy atom. The number of hydrogen-bond acceptors (Lipinski definition) is 5. The van der Waals surface area contributed by atoms with Gasteiger partial charge in [-0.3, -0.25) is 0 Å². The largest absolute Gasteiger partial charge is 0.390 e. The minimum atomic E-state index is -1.10. The minimum absolute atomic E-state index is 0.158. The first-order valence-electron chi connectivity index (χ1n) is 3.50. The highest BCUT2D eigenvalue weighted by Crippen LogP contribution is 2.16. The number of aliphatic hydroxyl groups excluding tert-OH is 2. The highest BCUT2D eigenvalue weighted by Gasteiger charge is 2.18. The molecule has 0 aromatic carbocycles. The smallest absolute Gasteiger partial charge is 0.123 e. The molecular weight excluding hydrogens is 192 g/mol. The van der Waals surface area contributed by atoms with Crippen molar-refractivity contribution < 1.29 is 10.2 Å². The topological polar surface area (TPSA) is 102 Å². The molecule has 0 radical (unpaired) electrons. The van der Waals surface area contributed by atoms with Crippen molar-refractivity contribution in [3.63, 3.8) is 0 Å². The van der Waals surface area contributed by atoms with E-state index in [0.717, 1.165) is 0 Å². The van der Waals surface area contributed by atoms with E-state index >= 15 is 0 Å². The van der Waals surface area contributed by atoms with Gasteiger partial charge in [0, 0.05) is 10.3 Å². The van der Waals surface area contributed by atoms with Gasteiger partial charge in [0.25, 0.3) is 0 Å². The van der Waals surface area contributed by atoms with Crippen LogP contribution in [0.3, 0.4) is 0 Å². The molecule has 0 bridgehead atoms. The molecule has 2 unspecified atom stereocenters. The summed E-state index contributed by atoms with van der Waals surface area (Å²) in [5, 5.41) is 23.5. The van der Waals surface area contributed by atoms with E-state index in [-0.39, 0.29) is 6.54 Å². The van der Waals surface area contributed by atoms with E-state index in [9.17, 15) is 10.2 Å². The van der Waals surface area contributed by atoms with Gasteiger partial charge in [0.15, 0.2) is 0 Å². The molecular formula is C6H8N4O2S. The molecule has 0 saturated carbocycles. The molecule has 0 spiro atoms. The lowest BCUT2D eigenvalue weighted by atomic mass is 10.1. The molecule has 0 aliphatic heterocycles. The molecule has 1 rings (SSSR count). The second-order valence-electron chi connectivity index (χ2n) is 2.34. The summed E-state index contributed by atoms with van der Waals surface area (Å²) >= 11 is 1.32. The number of rotatable bonds is 4. The van der Waals surface area contributed by atoms with E-state index in [4.69, 9.17) is 5.53 Å². The molecule has 0 fully saturated rings. The Hall–Kier alpha value is -1.14. The molecule has 2 N–H and O–H groups in total. The number of aliphatic hydroxyl groups is 2. The van der Waals surface area contributed by atoms with Crippen molar-refractivity contribution in [2.75, 3.05) is 6.54 Å². The minimum Gasteiger partial charge on any atom is -0.390 e. The first kappa shape index (κ1) is 9.94. The fourth-order valence-corrected chi connectivity index (χ4v) is 1.37. The first-order valence-corrected chi connectivity index (χ1v) is 4.45. The van der Waals surface area contributed by atoms with Crippen molar-refractivity contribution in [3.8, 4) is 0 Å². The summed E-state index contributed by atoms with van der Waals surface area (Å²) in [7, 11) is 0. The van der Waals surface area contributed by atoms with Crippen LogP contribution < -0.4 is 0 Å². The maximum atomic E-state index is 9.42. The monoisotopic (exact) mass is 200 g/mol. The molecule has 70 valence electrons. The molecule has 1 aromatic rings. The molecule has 0 aliphatic carbocycles. The summed E-state index contributed by atoms with van der Waals surface area (Å²) in [6, 6.07) is 0. The Morgan fingerprint density at radius 1 is 1.69 bits per heavy atom. The Labute approximate surface area is 78.1 Å². The van der Waals surface area contributed by atoms with Crippen LogP contribution in [-0.2, 0) is 0 Å². The van der Waals surface area contributed by atoms with Crippen LogP contribution in [0.1, 0.15) is 11.8 Å². The van der Waals surface area contributed by atoms with Gasteiger partial charge in [-0.15, -0.1) is 11.3 Å². The Balaban J connectivity index is 2.57. The van der Waals surface area contributed by atoms with Gasteiger partial charge >= 0.3 is 0 Å². The number of nitrogens with zero attached hydrogens (tertiary/aromatic N) is 4. The summed E-state index contributed by atoms with van der Waals surface area (Å²) in [5.41, 5.74) is 9.93. The molecule has 0 amide bonds. The van der Waals surface area contributed by atoms with Crippen molar-refractivity contribution in [1.29, 1.82) is 0 Å². The highest BCUT2D eigenvalue weighted by molar-refractivity contribution is 7.07. The van der Waals surface area contributed by atoms with Gasteiger partial charge in [0.1, 0.15) is 6.10 Å². The van der Waals surface area contributed by atoms with E-state index in [2.05, 4.69) is 15.0 Å². The average molecular weight is 200 g/mol. The summed E-state index contributed by atoms with van der Waals surface area (Å²) in [4.78, 5) is 6.29. The van der Waals surface area contributed by atoms with Crippen LogP contribution in [0.25, 0.3) is 10.4 Å². The zero-order valence-corrected chi connectivity index (χ0v) is 7.42. The van der Waals surface area contributed by atoms with Gasteiger partial charge in [-0.05, 0) is 5.53 Å². The van der Waals surface area contributed by atoms with Crippen LogP contribution in [0.15, 0.2) is 16.0 Å². The second kappa shape index (κ2) is 4.78. The van der Waals surface area contributed by atoms with Gasteiger partial charge in [0.2, 0.25) is 0 Å². The summed E-state index contributed by atoms with van der Waals surface area (Å²) in [5.74, 6) is 0. The molecule has 1 aromatic heterocycles. The fraction of sp³-hybridized carbons (Fsp3) is 0.500. The zero-order valence-electron chi connectivity index (χ0n) is 6.61. The van der Waals surface area contributed by atoms with Crippen molar-refractivity contribution in [3.05, 3.63) is 27.0 Å². The molecule has 7 heteroatoms.